The molecule has 25 heavy (non-hydrogen) atoms. The molecule has 0 aromatic heterocycles. The molecule has 0 radical (unpaired) electrons. The lowest BCUT2D eigenvalue weighted by molar-refractivity contribution is 0.0786. The van der Waals surface area contributed by atoms with Gasteiger partial charge in [-0.1, -0.05) is 6.42 Å². The average Bonchev–Trinajstić information content (AvgIpc) is 2.64. The van der Waals surface area contributed by atoms with Gasteiger partial charge in [-0.2, -0.15) is 0 Å². The number of hydrogen-bond acceptors (Lipinski definition) is 4. The van der Waals surface area contributed by atoms with Crippen LogP contribution in [0.15, 0.2) is 24.3 Å². The first-order chi connectivity index (χ1) is 12.1. The van der Waals surface area contributed by atoms with Crippen LogP contribution >= 0.6 is 0 Å². The van der Waals surface area contributed by atoms with Crippen LogP contribution in [0, 0.1) is 0 Å². The second-order valence-electron chi connectivity index (χ2n) is 7.16. The Kier molecular flexibility index (Phi) is 8.22. The number of likely N-dealkylation sites (N-methyl/N-ethyl adjacent to an activating group) is 2. The molecule has 1 aromatic rings. The maximum atomic E-state index is 12.4. The van der Waals surface area contributed by atoms with Gasteiger partial charge >= 0.3 is 0 Å². The number of ether oxygens (including phenoxy) is 1. The normalized spacial score (nSPS) is 15.4. The number of carbonyl (C=O) groups excluding carboxylic acids is 1. The average molecular weight is 348 g/mol. The summed E-state index contributed by atoms with van der Waals surface area (Å²) in [5.74, 6) is 0.893. The summed E-state index contributed by atoms with van der Waals surface area (Å²) in [4.78, 5) is 18.7. The SMILES string of the molecule is CN(C)CCN(C)C(=O)c1ccc(OCCCN2CCCCC2)cc1. The Morgan fingerprint density at radius 2 is 1.72 bits per heavy atom. The van der Waals surface area contributed by atoms with Crippen molar-refractivity contribution in [3.8, 4) is 5.75 Å². The van der Waals surface area contributed by atoms with Crippen molar-refractivity contribution in [2.24, 2.45) is 0 Å². The van der Waals surface area contributed by atoms with Crippen LogP contribution in [-0.2, 0) is 0 Å². The largest absolute Gasteiger partial charge is 0.494 e. The Bertz CT molecular complexity index is 510. The molecule has 5 heteroatoms. The molecule has 1 heterocycles. The second kappa shape index (κ2) is 10.4. The minimum atomic E-state index is 0.0542. The Labute approximate surface area is 152 Å². The van der Waals surface area contributed by atoms with Crippen LogP contribution < -0.4 is 4.74 Å². The highest BCUT2D eigenvalue weighted by Gasteiger charge is 2.12. The number of rotatable bonds is 9. The molecule has 1 fully saturated rings. The third-order valence-electron chi connectivity index (χ3n) is 4.67. The van der Waals surface area contributed by atoms with Gasteiger partial charge < -0.3 is 19.4 Å². The van der Waals surface area contributed by atoms with E-state index in [4.69, 9.17) is 4.74 Å². The molecule has 1 aliphatic rings. The van der Waals surface area contributed by atoms with Crippen molar-refractivity contribution in [3.05, 3.63) is 29.8 Å². The van der Waals surface area contributed by atoms with E-state index in [1.54, 1.807) is 4.90 Å². The predicted molar refractivity (Wildman–Crippen MR) is 102 cm³/mol. The van der Waals surface area contributed by atoms with Crippen LogP contribution in [0.1, 0.15) is 36.0 Å². The van der Waals surface area contributed by atoms with Crippen molar-refractivity contribution >= 4 is 5.91 Å². The number of piperidine rings is 1. The Hall–Kier alpha value is -1.59. The summed E-state index contributed by atoms with van der Waals surface area (Å²) in [6, 6.07) is 7.50. The lowest BCUT2D eigenvalue weighted by Gasteiger charge is -2.26. The van der Waals surface area contributed by atoms with Gasteiger partial charge in [-0.25, -0.2) is 0 Å². The van der Waals surface area contributed by atoms with Gasteiger partial charge in [0, 0.05) is 32.2 Å². The summed E-state index contributed by atoms with van der Waals surface area (Å²) in [5.41, 5.74) is 0.710. The van der Waals surface area contributed by atoms with Crippen LogP contribution in [0.5, 0.6) is 5.75 Å². The molecule has 0 aliphatic carbocycles. The van der Waals surface area contributed by atoms with Crippen LogP contribution in [0.3, 0.4) is 0 Å². The van der Waals surface area contributed by atoms with E-state index in [9.17, 15) is 4.79 Å². The number of hydrogen-bond donors (Lipinski definition) is 0. The van der Waals surface area contributed by atoms with Crippen molar-refractivity contribution in [2.75, 3.05) is 60.5 Å². The molecule has 0 atom stereocenters. The van der Waals surface area contributed by atoms with E-state index in [-0.39, 0.29) is 5.91 Å². The summed E-state index contributed by atoms with van der Waals surface area (Å²) in [6.45, 7) is 5.90. The molecule has 0 spiro atoms. The van der Waals surface area contributed by atoms with Crippen molar-refractivity contribution < 1.29 is 9.53 Å². The number of likely N-dealkylation sites (tertiary alicyclic amines) is 1. The molecule has 1 aliphatic heterocycles. The lowest BCUT2D eigenvalue weighted by atomic mass is 10.1. The van der Waals surface area contributed by atoms with Crippen molar-refractivity contribution in [2.45, 2.75) is 25.7 Å². The van der Waals surface area contributed by atoms with Crippen LogP contribution in [0.2, 0.25) is 0 Å². The summed E-state index contributed by atoms with van der Waals surface area (Å²) in [6.07, 6.45) is 5.09. The molecule has 2 rings (SSSR count). The summed E-state index contributed by atoms with van der Waals surface area (Å²) >= 11 is 0. The monoisotopic (exact) mass is 347 g/mol. The highest BCUT2D eigenvalue weighted by atomic mass is 16.5. The maximum absolute atomic E-state index is 12.4. The zero-order valence-electron chi connectivity index (χ0n) is 16.0. The molecular weight excluding hydrogens is 314 g/mol. The number of amides is 1. The van der Waals surface area contributed by atoms with Crippen molar-refractivity contribution in [3.63, 3.8) is 0 Å². The first-order valence-corrected chi connectivity index (χ1v) is 9.41. The summed E-state index contributed by atoms with van der Waals surface area (Å²) in [7, 11) is 5.86. The Balaban J connectivity index is 1.70. The fourth-order valence-electron chi connectivity index (χ4n) is 3.03. The highest BCUT2D eigenvalue weighted by Crippen LogP contribution is 2.14. The standard InChI is InChI=1S/C20H33N3O2/c1-21(2)15-16-22(3)20(24)18-8-10-19(11-9-18)25-17-7-14-23-12-5-4-6-13-23/h8-11H,4-7,12-17H2,1-3H3. The van der Waals surface area contributed by atoms with Gasteiger partial charge in [0.1, 0.15) is 5.75 Å². The minimum absolute atomic E-state index is 0.0542. The Morgan fingerprint density at radius 3 is 2.36 bits per heavy atom. The summed E-state index contributed by atoms with van der Waals surface area (Å²) < 4.78 is 5.81. The van der Waals surface area contributed by atoms with Gasteiger partial charge in [0.25, 0.3) is 5.91 Å². The topological polar surface area (TPSA) is 36.0 Å². The number of benzene rings is 1. The lowest BCUT2D eigenvalue weighted by Crippen LogP contribution is -2.33. The van der Waals surface area contributed by atoms with E-state index in [2.05, 4.69) is 9.80 Å². The minimum Gasteiger partial charge on any atom is -0.494 e. The van der Waals surface area contributed by atoms with E-state index in [0.717, 1.165) is 38.4 Å². The molecule has 0 bridgehead atoms. The first-order valence-electron chi connectivity index (χ1n) is 9.41. The zero-order valence-corrected chi connectivity index (χ0v) is 16.0. The van der Waals surface area contributed by atoms with Gasteiger partial charge in [-0.05, 0) is 70.7 Å². The van der Waals surface area contributed by atoms with Gasteiger partial charge in [0.05, 0.1) is 6.61 Å². The molecule has 0 unspecified atom stereocenters. The van der Waals surface area contributed by atoms with E-state index < -0.39 is 0 Å². The summed E-state index contributed by atoms with van der Waals surface area (Å²) in [5, 5.41) is 0. The van der Waals surface area contributed by atoms with Crippen LogP contribution in [-0.4, -0.2) is 81.1 Å². The van der Waals surface area contributed by atoms with Gasteiger partial charge in [0.2, 0.25) is 0 Å². The molecule has 0 N–H and O–H groups in total. The molecule has 1 amide bonds. The third kappa shape index (κ3) is 7.04. The van der Waals surface area contributed by atoms with Gasteiger partial charge in [0.15, 0.2) is 0 Å². The predicted octanol–water partition coefficient (Wildman–Crippen LogP) is 2.58. The quantitative estimate of drug-likeness (QED) is 0.643. The maximum Gasteiger partial charge on any atom is 0.253 e. The van der Waals surface area contributed by atoms with Crippen LogP contribution in [0.25, 0.3) is 0 Å². The van der Waals surface area contributed by atoms with Gasteiger partial charge in [-0.15, -0.1) is 0 Å². The molecule has 140 valence electrons. The fraction of sp³-hybridized carbons (Fsp3) is 0.650. The van der Waals surface area contributed by atoms with Crippen LogP contribution in [0.4, 0.5) is 0 Å². The first kappa shape index (κ1) is 19.7. The van der Waals surface area contributed by atoms with E-state index in [1.807, 2.05) is 45.4 Å². The molecule has 1 saturated heterocycles. The molecular formula is C20H33N3O2. The van der Waals surface area contributed by atoms with E-state index in [1.165, 1.54) is 32.4 Å². The third-order valence-corrected chi connectivity index (χ3v) is 4.67. The Morgan fingerprint density at radius 1 is 1.04 bits per heavy atom. The fourth-order valence-corrected chi connectivity index (χ4v) is 3.03. The molecule has 1 aromatic carbocycles. The number of carbonyl (C=O) groups is 1. The highest BCUT2D eigenvalue weighted by molar-refractivity contribution is 5.94. The van der Waals surface area contributed by atoms with Crippen molar-refractivity contribution in [1.29, 1.82) is 0 Å². The van der Waals surface area contributed by atoms with Gasteiger partial charge in [-0.3, -0.25) is 4.79 Å². The molecule has 0 saturated carbocycles. The van der Waals surface area contributed by atoms with Crippen molar-refractivity contribution in [1.82, 2.24) is 14.7 Å². The smallest absolute Gasteiger partial charge is 0.253 e. The zero-order chi connectivity index (χ0) is 18.1. The number of nitrogens with zero attached hydrogens (tertiary/aromatic N) is 3. The second-order valence-corrected chi connectivity index (χ2v) is 7.16. The van der Waals surface area contributed by atoms with E-state index >= 15 is 0 Å². The van der Waals surface area contributed by atoms with E-state index in [0.29, 0.717) is 5.56 Å². The molecule has 5 nitrogen and oxygen atoms in total.